The van der Waals surface area contributed by atoms with Crippen LogP contribution < -0.4 is 20.7 Å². The molecule has 4 N–H and O–H groups in total. The number of aromatic nitrogens is 3. The predicted molar refractivity (Wildman–Crippen MR) is 180 cm³/mol. The smallest absolute Gasteiger partial charge is 0.324 e. The number of ether oxygens (including phenoxy) is 1. The number of amides is 4. The van der Waals surface area contributed by atoms with Gasteiger partial charge in [-0.25, -0.2) is 19.3 Å². The molecule has 0 saturated carbocycles. The first-order valence-electron chi connectivity index (χ1n) is 14.9. The Morgan fingerprint density at radius 3 is 2.54 bits per heavy atom. The van der Waals surface area contributed by atoms with Crippen LogP contribution in [-0.4, -0.2) is 75.0 Å². The number of carbonyl (C=O) groups excluding carboxylic acids is 2. The van der Waals surface area contributed by atoms with Gasteiger partial charge in [0.25, 0.3) is 0 Å². The number of urea groups is 2. The number of halogens is 2. The lowest BCUT2D eigenvalue weighted by molar-refractivity contribution is 0.216. The number of nitrogens with one attached hydrogen (secondary N) is 3. The van der Waals surface area contributed by atoms with Gasteiger partial charge in [-0.1, -0.05) is 36.5 Å². The van der Waals surface area contributed by atoms with E-state index in [9.17, 15) is 14.7 Å². The number of nitrogens with zero attached hydrogens (tertiary/aromatic N) is 5. The second-order valence-electron chi connectivity index (χ2n) is 11.1. The minimum absolute atomic E-state index is 0.0806. The topological polar surface area (TPSA) is 137 Å². The molecule has 46 heavy (non-hydrogen) atoms. The zero-order valence-corrected chi connectivity index (χ0v) is 27.3. The Kier molecular flexibility index (Phi) is 10.5. The van der Waals surface area contributed by atoms with Crippen molar-refractivity contribution < 1.29 is 19.4 Å². The number of benzene rings is 2. The van der Waals surface area contributed by atoms with E-state index < -0.39 is 6.03 Å². The van der Waals surface area contributed by atoms with Crippen LogP contribution in [0.2, 0.25) is 10.0 Å². The quantitative estimate of drug-likeness (QED) is 0.140. The maximum Gasteiger partial charge on any atom is 0.324 e. The Hall–Kier alpha value is -4.52. The van der Waals surface area contributed by atoms with E-state index in [4.69, 9.17) is 27.9 Å². The fourth-order valence-corrected chi connectivity index (χ4v) is 5.38. The van der Waals surface area contributed by atoms with Crippen molar-refractivity contribution in [3.05, 3.63) is 76.5 Å². The molecule has 4 amide bonds. The number of aromatic hydroxyl groups is 1. The maximum atomic E-state index is 13.1. The predicted octanol–water partition coefficient (Wildman–Crippen LogP) is 7.23. The molecule has 1 aliphatic rings. The molecule has 2 aromatic heterocycles. The van der Waals surface area contributed by atoms with E-state index in [1.54, 1.807) is 58.1 Å². The average molecular weight is 668 g/mol. The number of anilines is 3. The second-order valence-corrected chi connectivity index (χ2v) is 11.9. The first-order valence-corrected chi connectivity index (χ1v) is 15.7. The number of phenolic OH excluding ortho intramolecular Hbond substituents is 1. The molecule has 2 aromatic carbocycles. The number of phenols is 1. The summed E-state index contributed by atoms with van der Waals surface area (Å²) in [6.07, 6.45) is 5.13. The molecule has 0 radical (unpaired) electrons. The van der Waals surface area contributed by atoms with Crippen LogP contribution in [0.1, 0.15) is 31.9 Å². The van der Waals surface area contributed by atoms with E-state index in [2.05, 4.69) is 37.9 Å². The molecule has 0 bridgehead atoms. The number of rotatable bonds is 10. The van der Waals surface area contributed by atoms with E-state index in [1.807, 2.05) is 20.2 Å². The summed E-state index contributed by atoms with van der Waals surface area (Å²) in [6.45, 7) is 3.40. The van der Waals surface area contributed by atoms with Crippen LogP contribution in [0.25, 0.3) is 5.69 Å². The SMILES string of the molecule is CCCCc1cc(NC(=O)Nc2ccc(Oc3ccnc(NC(=O)N4CCC(N(C)C)C4)c3)c(Cl)c2Cl)n(-c2ccc(O)cc2)n1. The van der Waals surface area contributed by atoms with Crippen LogP contribution >= 0.6 is 23.2 Å². The van der Waals surface area contributed by atoms with Gasteiger partial charge in [0.05, 0.1) is 22.1 Å². The molecule has 1 fully saturated rings. The van der Waals surface area contributed by atoms with Gasteiger partial charge in [-0.2, -0.15) is 5.10 Å². The zero-order valence-electron chi connectivity index (χ0n) is 25.8. The van der Waals surface area contributed by atoms with E-state index >= 15 is 0 Å². The standard InChI is InChI=1S/C32H36Cl2N8O4/c1-4-5-6-20-17-28(42(39-20)21-7-9-23(43)10-8-21)38-31(44)36-25-11-12-26(30(34)29(25)33)46-24-13-15-35-27(18-24)37-32(45)41-16-14-22(19-41)40(2)3/h7-13,15,17-18,22,43H,4-6,14,16,19H2,1-3H3,(H,35,37,45)(H2,36,38,44). The van der Waals surface area contributed by atoms with Crippen molar-refractivity contribution >= 4 is 52.6 Å². The molecule has 1 unspecified atom stereocenters. The van der Waals surface area contributed by atoms with Crippen molar-refractivity contribution in [3.63, 3.8) is 0 Å². The maximum absolute atomic E-state index is 13.1. The van der Waals surface area contributed by atoms with E-state index in [0.29, 0.717) is 42.2 Å². The number of pyridine rings is 1. The van der Waals surface area contributed by atoms with Crippen molar-refractivity contribution in [1.29, 1.82) is 0 Å². The molecule has 3 heterocycles. The van der Waals surface area contributed by atoms with E-state index in [-0.39, 0.29) is 33.3 Å². The number of hydrogen-bond donors (Lipinski definition) is 4. The first kappa shape index (κ1) is 32.9. The highest BCUT2D eigenvalue weighted by atomic mass is 35.5. The van der Waals surface area contributed by atoms with Crippen molar-refractivity contribution in [3.8, 4) is 22.9 Å². The van der Waals surface area contributed by atoms with Crippen molar-refractivity contribution in [2.24, 2.45) is 0 Å². The summed E-state index contributed by atoms with van der Waals surface area (Å²) < 4.78 is 7.57. The molecule has 0 aliphatic carbocycles. The summed E-state index contributed by atoms with van der Waals surface area (Å²) in [7, 11) is 4.01. The Bertz CT molecular complexity index is 1700. The van der Waals surface area contributed by atoms with Crippen molar-refractivity contribution in [1.82, 2.24) is 24.6 Å². The summed E-state index contributed by atoms with van der Waals surface area (Å²) in [5.41, 5.74) is 1.76. The fraction of sp³-hybridized carbons (Fsp3) is 0.312. The molecule has 5 rings (SSSR count). The van der Waals surface area contributed by atoms with Crippen LogP contribution in [0.3, 0.4) is 0 Å². The molecule has 1 aliphatic heterocycles. The highest BCUT2D eigenvalue weighted by Gasteiger charge is 2.27. The first-order chi connectivity index (χ1) is 22.1. The average Bonchev–Trinajstić information content (AvgIpc) is 3.69. The van der Waals surface area contributed by atoms with Gasteiger partial charge in [0, 0.05) is 37.5 Å². The summed E-state index contributed by atoms with van der Waals surface area (Å²) in [6, 6.07) is 14.2. The summed E-state index contributed by atoms with van der Waals surface area (Å²) >= 11 is 13.1. The third-order valence-corrected chi connectivity index (χ3v) is 8.42. The molecule has 0 spiro atoms. The van der Waals surface area contributed by atoms with Gasteiger partial charge in [-0.05, 0) is 75.8 Å². The molecule has 12 nitrogen and oxygen atoms in total. The Morgan fingerprint density at radius 1 is 1.04 bits per heavy atom. The van der Waals surface area contributed by atoms with Crippen LogP contribution in [0.5, 0.6) is 17.2 Å². The number of carbonyl (C=O) groups is 2. The molecule has 1 atom stereocenters. The third kappa shape index (κ3) is 8.00. The van der Waals surface area contributed by atoms with Gasteiger partial charge < -0.3 is 25.0 Å². The largest absolute Gasteiger partial charge is 0.508 e. The third-order valence-electron chi connectivity index (χ3n) is 7.55. The number of likely N-dealkylation sites (N-methyl/N-ethyl adjacent to an activating group) is 1. The van der Waals surface area contributed by atoms with Crippen LogP contribution in [0, 0.1) is 0 Å². The summed E-state index contributed by atoms with van der Waals surface area (Å²) in [4.78, 5) is 33.9. The van der Waals surface area contributed by atoms with Gasteiger partial charge in [0.2, 0.25) is 0 Å². The Labute approximate surface area is 277 Å². The minimum Gasteiger partial charge on any atom is -0.508 e. The van der Waals surface area contributed by atoms with Crippen molar-refractivity contribution in [2.45, 2.75) is 38.6 Å². The van der Waals surface area contributed by atoms with Crippen molar-refractivity contribution in [2.75, 3.05) is 43.1 Å². The van der Waals surface area contributed by atoms with Crippen LogP contribution in [-0.2, 0) is 6.42 Å². The highest BCUT2D eigenvalue weighted by molar-refractivity contribution is 6.45. The number of unbranched alkanes of at least 4 members (excludes halogenated alkanes) is 1. The van der Waals surface area contributed by atoms with Crippen LogP contribution in [0.15, 0.2) is 60.8 Å². The molecule has 4 aromatic rings. The minimum atomic E-state index is -0.557. The lowest BCUT2D eigenvalue weighted by Gasteiger charge is -2.20. The summed E-state index contributed by atoms with van der Waals surface area (Å²) in [5, 5.41) is 22.9. The van der Waals surface area contributed by atoms with Crippen LogP contribution in [0.4, 0.5) is 26.9 Å². The summed E-state index contributed by atoms with van der Waals surface area (Å²) in [5.74, 6) is 1.54. The van der Waals surface area contributed by atoms with E-state index in [1.165, 1.54) is 6.20 Å². The Balaban J connectivity index is 1.24. The van der Waals surface area contributed by atoms with Gasteiger partial charge in [-0.3, -0.25) is 10.6 Å². The molecule has 14 heteroatoms. The fourth-order valence-electron chi connectivity index (χ4n) is 4.97. The molecule has 242 valence electrons. The highest BCUT2D eigenvalue weighted by Crippen LogP contribution is 2.40. The zero-order chi connectivity index (χ0) is 32.8. The van der Waals surface area contributed by atoms with Gasteiger partial charge >= 0.3 is 12.1 Å². The Morgan fingerprint density at radius 2 is 1.83 bits per heavy atom. The van der Waals surface area contributed by atoms with E-state index in [0.717, 1.165) is 31.4 Å². The molecular formula is C32H36Cl2N8O4. The monoisotopic (exact) mass is 666 g/mol. The lowest BCUT2D eigenvalue weighted by Crippen LogP contribution is -2.36. The lowest BCUT2D eigenvalue weighted by atomic mass is 10.2. The van der Waals surface area contributed by atoms with Gasteiger partial charge in [0.1, 0.15) is 33.9 Å². The number of hydrogen-bond acceptors (Lipinski definition) is 7. The van der Waals surface area contributed by atoms with Gasteiger partial charge in [-0.15, -0.1) is 0 Å². The van der Waals surface area contributed by atoms with Gasteiger partial charge in [0.15, 0.2) is 0 Å². The molecular weight excluding hydrogens is 631 g/mol. The normalized spacial score (nSPS) is 14.4. The number of aryl methyl sites for hydroxylation is 1. The second kappa shape index (κ2) is 14.7. The number of likely N-dealkylation sites (tertiary alicyclic amines) is 1. The molecule has 1 saturated heterocycles.